The Labute approximate surface area is 164 Å². The Kier molecular flexibility index (Phi) is 4.02. The molecule has 2 aliphatic rings. The predicted molar refractivity (Wildman–Crippen MR) is 110 cm³/mol. The smallest absolute Gasteiger partial charge is 0.128 e. The fourth-order valence-corrected chi connectivity index (χ4v) is 4.00. The van der Waals surface area contributed by atoms with E-state index in [0.29, 0.717) is 5.56 Å². The van der Waals surface area contributed by atoms with Gasteiger partial charge in [0.25, 0.3) is 0 Å². The molecule has 3 aromatic rings. The minimum absolute atomic E-state index is 0.704. The first kappa shape index (κ1) is 16.5. The molecule has 5 rings (SSSR count). The molecule has 5 heteroatoms. The van der Waals surface area contributed by atoms with Crippen LogP contribution in [0.3, 0.4) is 0 Å². The van der Waals surface area contributed by atoms with Gasteiger partial charge in [0.2, 0.25) is 0 Å². The Bertz CT molecular complexity index is 1090. The van der Waals surface area contributed by atoms with Crippen LogP contribution in [-0.4, -0.2) is 41.9 Å². The second-order valence-electron chi connectivity index (χ2n) is 6.96. The van der Waals surface area contributed by atoms with Crippen molar-refractivity contribution in [1.29, 1.82) is 5.26 Å². The van der Waals surface area contributed by atoms with E-state index in [-0.39, 0.29) is 0 Å². The molecule has 0 atom stereocenters. The first-order chi connectivity index (χ1) is 13.8. The van der Waals surface area contributed by atoms with Crippen LogP contribution in [0.5, 0.6) is 0 Å². The number of hydrazone groups is 1. The Morgan fingerprint density at radius 2 is 1.57 bits per heavy atom. The van der Waals surface area contributed by atoms with E-state index in [1.807, 2.05) is 42.6 Å². The molecule has 1 aliphatic carbocycles. The van der Waals surface area contributed by atoms with Crippen molar-refractivity contribution in [2.24, 2.45) is 5.10 Å². The van der Waals surface area contributed by atoms with Gasteiger partial charge in [-0.15, -0.1) is 0 Å². The van der Waals surface area contributed by atoms with Crippen molar-refractivity contribution in [1.82, 2.24) is 9.99 Å². The highest BCUT2D eigenvalue weighted by Crippen LogP contribution is 2.39. The number of anilines is 1. The maximum Gasteiger partial charge on any atom is 0.128 e. The third kappa shape index (κ3) is 2.71. The van der Waals surface area contributed by atoms with Crippen molar-refractivity contribution in [2.45, 2.75) is 0 Å². The maximum atomic E-state index is 9.56. The van der Waals surface area contributed by atoms with Crippen molar-refractivity contribution < 1.29 is 0 Å². The summed E-state index contributed by atoms with van der Waals surface area (Å²) in [7, 11) is 0. The van der Waals surface area contributed by atoms with Crippen molar-refractivity contribution in [2.75, 3.05) is 31.1 Å². The summed E-state index contributed by atoms with van der Waals surface area (Å²) in [6.45, 7) is 3.46. The van der Waals surface area contributed by atoms with E-state index >= 15 is 0 Å². The van der Waals surface area contributed by atoms with E-state index in [1.54, 1.807) is 0 Å². The van der Waals surface area contributed by atoms with Crippen LogP contribution >= 0.6 is 0 Å². The lowest BCUT2D eigenvalue weighted by atomic mass is 10.0. The van der Waals surface area contributed by atoms with Crippen LogP contribution in [0, 0.1) is 11.3 Å². The average molecular weight is 365 g/mol. The quantitative estimate of drug-likeness (QED) is 0.545. The van der Waals surface area contributed by atoms with Gasteiger partial charge in [0.1, 0.15) is 5.82 Å². The van der Waals surface area contributed by atoms with Crippen molar-refractivity contribution in [3.8, 4) is 17.2 Å². The van der Waals surface area contributed by atoms with E-state index in [1.165, 1.54) is 0 Å². The van der Waals surface area contributed by atoms with E-state index in [4.69, 9.17) is 5.10 Å². The zero-order valence-corrected chi connectivity index (χ0v) is 15.4. The van der Waals surface area contributed by atoms with Gasteiger partial charge in [0, 0.05) is 36.0 Å². The van der Waals surface area contributed by atoms with E-state index in [0.717, 1.165) is 60.0 Å². The van der Waals surface area contributed by atoms with E-state index in [2.05, 4.69) is 45.2 Å². The van der Waals surface area contributed by atoms with Gasteiger partial charge in [-0.3, -0.25) is 5.01 Å². The molecule has 28 heavy (non-hydrogen) atoms. The first-order valence-corrected chi connectivity index (χ1v) is 9.48. The van der Waals surface area contributed by atoms with Gasteiger partial charge in [-0.2, -0.15) is 10.4 Å². The number of pyridine rings is 1. The van der Waals surface area contributed by atoms with Crippen LogP contribution < -0.4 is 4.90 Å². The molecule has 1 aromatic heterocycles. The molecule has 1 fully saturated rings. The fourth-order valence-electron chi connectivity index (χ4n) is 4.00. The van der Waals surface area contributed by atoms with Crippen LogP contribution in [0.25, 0.3) is 11.1 Å². The summed E-state index contributed by atoms with van der Waals surface area (Å²) in [5.41, 5.74) is 5.93. The molecule has 0 spiro atoms. The van der Waals surface area contributed by atoms with Crippen LogP contribution in [0.2, 0.25) is 0 Å². The Morgan fingerprint density at radius 3 is 2.32 bits per heavy atom. The predicted octanol–water partition coefficient (Wildman–Crippen LogP) is 3.51. The summed E-state index contributed by atoms with van der Waals surface area (Å²) < 4.78 is 0. The molecule has 0 saturated carbocycles. The molecule has 136 valence electrons. The van der Waals surface area contributed by atoms with E-state index < -0.39 is 0 Å². The zero-order chi connectivity index (χ0) is 18.9. The second-order valence-corrected chi connectivity index (χ2v) is 6.96. The lowest BCUT2D eigenvalue weighted by Crippen LogP contribution is -2.44. The zero-order valence-electron chi connectivity index (χ0n) is 15.4. The second kappa shape index (κ2) is 6.82. The highest BCUT2D eigenvalue weighted by atomic mass is 15.5. The molecular formula is C23H19N5. The molecule has 0 unspecified atom stereocenters. The van der Waals surface area contributed by atoms with Gasteiger partial charge in [0.05, 0.1) is 30.4 Å². The lowest BCUT2D eigenvalue weighted by Gasteiger charge is -2.34. The summed E-state index contributed by atoms with van der Waals surface area (Å²) in [5, 5.41) is 16.7. The van der Waals surface area contributed by atoms with Crippen LogP contribution in [-0.2, 0) is 0 Å². The number of aromatic nitrogens is 1. The third-order valence-electron chi connectivity index (χ3n) is 5.36. The van der Waals surface area contributed by atoms with Gasteiger partial charge >= 0.3 is 0 Å². The first-order valence-electron chi connectivity index (χ1n) is 9.48. The Hall–Kier alpha value is -3.65. The number of rotatable bonds is 2. The highest BCUT2D eigenvalue weighted by molar-refractivity contribution is 6.25. The molecule has 0 amide bonds. The van der Waals surface area contributed by atoms with Crippen molar-refractivity contribution in [3.05, 3.63) is 83.6 Å². The SMILES string of the molecule is N#Cc1cccc2c1-c1ccccc1/C2=N\N1CCN(c2ccccn2)CC1. The van der Waals surface area contributed by atoms with Gasteiger partial charge in [-0.05, 0) is 23.8 Å². The standard InChI is InChI=1S/C23H19N5/c24-16-17-6-5-9-20-22(17)18-7-1-2-8-19(18)23(20)26-28-14-12-27(13-15-28)21-10-3-4-11-25-21/h1-11H,12-15H2/b26-23+. The van der Waals surface area contributed by atoms with E-state index in [9.17, 15) is 5.26 Å². The van der Waals surface area contributed by atoms with Gasteiger partial charge in [-0.1, -0.05) is 42.5 Å². The topological polar surface area (TPSA) is 55.5 Å². The monoisotopic (exact) mass is 365 g/mol. The maximum absolute atomic E-state index is 9.56. The molecule has 1 saturated heterocycles. The summed E-state index contributed by atoms with van der Waals surface area (Å²) in [4.78, 5) is 6.74. The molecular weight excluding hydrogens is 346 g/mol. The largest absolute Gasteiger partial charge is 0.353 e. The summed E-state index contributed by atoms with van der Waals surface area (Å²) in [5.74, 6) is 1.02. The molecule has 5 nitrogen and oxygen atoms in total. The molecule has 2 heterocycles. The molecule has 1 aliphatic heterocycles. The summed E-state index contributed by atoms with van der Waals surface area (Å²) >= 11 is 0. The van der Waals surface area contributed by atoms with Gasteiger partial charge in [-0.25, -0.2) is 4.98 Å². The number of nitriles is 1. The lowest BCUT2D eigenvalue weighted by molar-refractivity contribution is 0.270. The van der Waals surface area contributed by atoms with Crippen LogP contribution in [0.4, 0.5) is 5.82 Å². The summed E-state index contributed by atoms with van der Waals surface area (Å²) in [6, 6.07) is 22.5. The third-order valence-corrected chi connectivity index (χ3v) is 5.36. The molecule has 0 bridgehead atoms. The number of hydrogen-bond acceptors (Lipinski definition) is 5. The summed E-state index contributed by atoms with van der Waals surface area (Å²) in [6.07, 6.45) is 1.83. The number of piperazine rings is 1. The fraction of sp³-hybridized carbons (Fsp3) is 0.174. The van der Waals surface area contributed by atoms with Crippen molar-refractivity contribution in [3.63, 3.8) is 0 Å². The number of benzene rings is 2. The average Bonchev–Trinajstić information content (AvgIpc) is 3.09. The van der Waals surface area contributed by atoms with Gasteiger partial charge in [0.15, 0.2) is 0 Å². The number of nitrogens with zero attached hydrogens (tertiary/aromatic N) is 5. The van der Waals surface area contributed by atoms with Gasteiger partial charge < -0.3 is 4.90 Å². The Balaban J connectivity index is 1.46. The molecule has 2 aromatic carbocycles. The van der Waals surface area contributed by atoms with Crippen LogP contribution in [0.1, 0.15) is 16.7 Å². The number of fused-ring (bicyclic) bond motifs is 3. The minimum Gasteiger partial charge on any atom is -0.353 e. The molecule has 0 radical (unpaired) electrons. The minimum atomic E-state index is 0.704. The molecule has 0 N–H and O–H groups in total. The Morgan fingerprint density at radius 1 is 0.821 bits per heavy atom. The van der Waals surface area contributed by atoms with Crippen molar-refractivity contribution >= 4 is 11.5 Å². The number of hydrogen-bond donors (Lipinski definition) is 0. The highest BCUT2D eigenvalue weighted by Gasteiger charge is 2.28. The normalized spacial score (nSPS) is 16.6. The van der Waals surface area contributed by atoms with Crippen LogP contribution in [0.15, 0.2) is 72.0 Å².